The first kappa shape index (κ1) is 43.5. The average molecular weight is 839 g/mol. The van der Waals surface area contributed by atoms with Crippen molar-refractivity contribution in [3.8, 4) is 22.3 Å². The molecule has 0 nitrogen and oxygen atoms in total. The molecule has 1 saturated carbocycles. The van der Waals surface area contributed by atoms with Crippen molar-refractivity contribution in [1.82, 2.24) is 0 Å². The Morgan fingerprint density at radius 1 is 0.679 bits per heavy atom. The van der Waals surface area contributed by atoms with Crippen LogP contribution in [0.3, 0.4) is 0 Å². The van der Waals surface area contributed by atoms with Crippen LogP contribution in [0.5, 0.6) is 0 Å². The van der Waals surface area contributed by atoms with E-state index >= 15 is 0 Å². The first-order valence-corrected chi connectivity index (χ1v) is 28.2. The molecule has 1 fully saturated rings. The molecule has 0 saturated heterocycles. The van der Waals surface area contributed by atoms with E-state index in [0.717, 1.165) is 15.4 Å². The zero-order valence-electron chi connectivity index (χ0n) is 33.2. The van der Waals surface area contributed by atoms with Crippen LogP contribution < -0.4 is 0 Å². The van der Waals surface area contributed by atoms with Gasteiger partial charge in [-0.05, 0) is 65.7 Å². The molecule has 0 aliphatic heterocycles. The van der Waals surface area contributed by atoms with Gasteiger partial charge >= 0.3 is 37.9 Å². The third-order valence-electron chi connectivity index (χ3n) is 10.8. The summed E-state index contributed by atoms with van der Waals surface area (Å²) >= 11 is -0.826. The Labute approximate surface area is 343 Å². The number of hydrogen-bond donors (Lipinski definition) is 0. The predicted octanol–water partition coefficient (Wildman–Crippen LogP) is 16.8. The molecule has 0 bridgehead atoms. The Hall–Kier alpha value is -2.22. The third kappa shape index (κ3) is 12.4. The van der Waals surface area contributed by atoms with Gasteiger partial charge in [-0.15, -0.1) is 69.1 Å². The van der Waals surface area contributed by atoms with Crippen LogP contribution in [-0.4, -0.2) is 9.52 Å². The van der Waals surface area contributed by atoms with E-state index in [1.165, 1.54) is 118 Å². The molecule has 2 atom stereocenters. The molecule has 0 N–H and O–H groups in total. The molecule has 6 aromatic rings. The molecular weight excluding hydrogens is 779 g/mol. The molecule has 0 heterocycles. The van der Waals surface area contributed by atoms with Gasteiger partial charge in [0.15, 0.2) is 0 Å². The Morgan fingerprint density at radius 3 is 1.72 bits per heavy atom. The summed E-state index contributed by atoms with van der Waals surface area (Å²) in [6, 6.07) is 41.3. The Balaban J connectivity index is 0.000000210. The minimum absolute atomic E-state index is 0.647. The Morgan fingerprint density at radius 2 is 1.17 bits per heavy atom. The molecule has 1 aliphatic rings. The summed E-state index contributed by atoms with van der Waals surface area (Å²) < 4.78 is 0. The molecule has 278 valence electrons. The molecule has 0 spiro atoms. The summed E-state index contributed by atoms with van der Waals surface area (Å²) in [5, 5.41) is 5.51. The van der Waals surface area contributed by atoms with Gasteiger partial charge in [-0.3, -0.25) is 0 Å². The van der Waals surface area contributed by atoms with Crippen molar-refractivity contribution in [2.24, 2.45) is 0 Å². The van der Waals surface area contributed by atoms with Gasteiger partial charge in [0, 0.05) is 9.52 Å². The van der Waals surface area contributed by atoms with Gasteiger partial charge in [-0.1, -0.05) is 152 Å². The van der Waals surface area contributed by atoms with Gasteiger partial charge in [0.05, 0.1) is 0 Å². The molecular formula is C49H60Cl2SiZr. The van der Waals surface area contributed by atoms with E-state index in [9.17, 15) is 0 Å². The normalized spacial score (nSPS) is 13.8. The molecule has 53 heavy (non-hydrogen) atoms. The molecule has 1 aliphatic carbocycles. The predicted molar refractivity (Wildman–Crippen MR) is 236 cm³/mol. The summed E-state index contributed by atoms with van der Waals surface area (Å²) in [6.45, 7) is 15.7. The van der Waals surface area contributed by atoms with Crippen molar-refractivity contribution < 1.29 is 20.8 Å². The van der Waals surface area contributed by atoms with Crippen LogP contribution in [0.25, 0.3) is 43.8 Å². The first-order chi connectivity index (χ1) is 25.8. The molecule has 4 heteroatoms. The van der Waals surface area contributed by atoms with Gasteiger partial charge in [0.25, 0.3) is 0 Å². The van der Waals surface area contributed by atoms with Crippen LogP contribution in [0.4, 0.5) is 0 Å². The summed E-state index contributed by atoms with van der Waals surface area (Å²) in [7, 11) is 11.0. The monoisotopic (exact) mass is 836 g/mol. The van der Waals surface area contributed by atoms with E-state index in [4.69, 9.17) is 17.0 Å². The molecule has 0 amide bonds. The van der Waals surface area contributed by atoms with E-state index in [1.54, 1.807) is 5.56 Å². The summed E-state index contributed by atoms with van der Waals surface area (Å²) in [4.78, 5) is 0. The van der Waals surface area contributed by atoms with Crippen molar-refractivity contribution >= 4 is 48.1 Å². The quantitative estimate of drug-likeness (QED) is 0.101. The number of halogens is 2. The van der Waals surface area contributed by atoms with Crippen LogP contribution in [-0.2, 0) is 20.8 Å². The Bertz CT molecular complexity index is 1910. The second-order valence-electron chi connectivity index (χ2n) is 15.0. The topological polar surface area (TPSA) is 0 Å². The van der Waals surface area contributed by atoms with Crippen LogP contribution in [0, 0.1) is 6.92 Å². The van der Waals surface area contributed by atoms with Crippen LogP contribution in [0.15, 0.2) is 109 Å². The SMILES string of the molecule is CCCC(C)c1cc2c(-c3ccc(C4CCCCC4)cc3)cccc2[cH-]1.CCCC(C)c1ccc(-c2cccc3[cH-]c(C)cc23)cc1.C[Si]C.[Cl][Zr+2][Cl]. The van der Waals surface area contributed by atoms with Crippen molar-refractivity contribution in [2.45, 2.75) is 123 Å². The molecule has 2 unspecified atom stereocenters. The molecule has 2 radical (unpaired) electrons. The molecule has 0 aromatic heterocycles. The maximum absolute atomic E-state index is 4.93. The fraction of sp³-hybridized carbons (Fsp3) is 0.388. The van der Waals surface area contributed by atoms with Crippen LogP contribution in [0.2, 0.25) is 13.1 Å². The van der Waals surface area contributed by atoms with E-state index < -0.39 is 20.8 Å². The average Bonchev–Trinajstić information content (AvgIpc) is 3.80. The van der Waals surface area contributed by atoms with Gasteiger partial charge in [0.1, 0.15) is 0 Å². The van der Waals surface area contributed by atoms with Crippen molar-refractivity contribution in [1.29, 1.82) is 0 Å². The molecule has 6 aromatic carbocycles. The van der Waals surface area contributed by atoms with Crippen molar-refractivity contribution in [3.63, 3.8) is 0 Å². The van der Waals surface area contributed by atoms with Crippen LogP contribution >= 0.6 is 17.0 Å². The minimum atomic E-state index is -0.826. The van der Waals surface area contributed by atoms with Gasteiger partial charge < -0.3 is 0 Å². The van der Waals surface area contributed by atoms with E-state index in [1.807, 2.05) is 0 Å². The fourth-order valence-corrected chi connectivity index (χ4v) is 7.99. The van der Waals surface area contributed by atoms with Gasteiger partial charge in [0.2, 0.25) is 0 Å². The Kier molecular flexibility index (Phi) is 18.9. The zero-order valence-corrected chi connectivity index (χ0v) is 38.2. The number of fused-ring (bicyclic) bond motifs is 2. The first-order valence-electron chi connectivity index (χ1n) is 19.9. The number of rotatable bonds is 9. The number of hydrogen-bond acceptors (Lipinski definition) is 0. The van der Waals surface area contributed by atoms with Gasteiger partial charge in [-0.2, -0.15) is 12.1 Å². The third-order valence-corrected chi connectivity index (χ3v) is 10.8. The zero-order chi connectivity index (χ0) is 38.2. The van der Waals surface area contributed by atoms with Crippen molar-refractivity contribution in [2.75, 3.05) is 0 Å². The van der Waals surface area contributed by atoms with Gasteiger partial charge in [-0.25, -0.2) is 0 Å². The number of benzene rings is 4. The van der Waals surface area contributed by atoms with E-state index in [0.29, 0.717) is 11.8 Å². The van der Waals surface area contributed by atoms with Crippen molar-refractivity contribution in [3.05, 3.63) is 131 Å². The standard InChI is InChI=1S/C26H31.C21H23.C2H6Si.2ClH.Zr/c1-3-8-19(2)24-17-23-11-7-12-25(26(23)18-24)22-15-13-21(14-16-22)20-9-5-4-6-10-20;1-4-6-16(3)17-9-11-18(12-10-17)20-8-5-7-19-13-15(2)14-21(19)20;1-3-2;;;/h7,11-20H,3-6,8-10H2,1-2H3;5,7-14,16H,4,6H2,1-3H3;1-2H3;2*1H;/q2*-1;;;;+4/p-2. The van der Waals surface area contributed by atoms with E-state index in [-0.39, 0.29) is 0 Å². The number of aryl methyl sites for hydroxylation is 1. The fourth-order valence-electron chi connectivity index (χ4n) is 7.99. The molecule has 7 rings (SSSR count). The maximum atomic E-state index is 4.93. The summed E-state index contributed by atoms with van der Waals surface area (Å²) in [6.07, 6.45) is 12.0. The second-order valence-corrected chi connectivity index (χ2v) is 19.7. The van der Waals surface area contributed by atoms with Crippen LogP contribution in [0.1, 0.15) is 125 Å². The summed E-state index contributed by atoms with van der Waals surface area (Å²) in [5.74, 6) is 2.09. The summed E-state index contributed by atoms with van der Waals surface area (Å²) in [5.41, 5.74) is 11.2. The van der Waals surface area contributed by atoms with E-state index in [2.05, 4.69) is 157 Å². The second kappa shape index (κ2) is 23.0.